The van der Waals surface area contributed by atoms with Crippen LogP contribution in [-0.2, 0) is 11.2 Å². The third-order valence-electron chi connectivity index (χ3n) is 6.07. The summed E-state index contributed by atoms with van der Waals surface area (Å²) < 4.78 is 26.6. The molecule has 3 aromatic carbocycles. The first-order chi connectivity index (χ1) is 18.4. The van der Waals surface area contributed by atoms with Gasteiger partial charge in [0.25, 0.3) is 5.91 Å². The van der Waals surface area contributed by atoms with Gasteiger partial charge in [-0.1, -0.05) is 18.2 Å². The van der Waals surface area contributed by atoms with Crippen molar-refractivity contribution in [2.75, 3.05) is 33.8 Å². The number of nitrogens with zero attached hydrogens (tertiary/aromatic N) is 1. The number of quaternary nitrogens is 1. The van der Waals surface area contributed by atoms with Crippen molar-refractivity contribution >= 4 is 23.1 Å². The summed E-state index contributed by atoms with van der Waals surface area (Å²) in [6, 6.07) is 15.5. The van der Waals surface area contributed by atoms with Crippen molar-refractivity contribution in [3.63, 3.8) is 0 Å². The van der Waals surface area contributed by atoms with Gasteiger partial charge in [0, 0.05) is 22.9 Å². The van der Waals surface area contributed by atoms with Crippen LogP contribution in [0.5, 0.6) is 28.7 Å². The summed E-state index contributed by atoms with van der Waals surface area (Å²) in [5, 5.41) is 14.4. The Hall–Kier alpha value is -3.99. The van der Waals surface area contributed by atoms with E-state index in [2.05, 4.69) is 15.4 Å². The number of aromatic nitrogens is 1. The molecule has 1 heterocycles. The van der Waals surface area contributed by atoms with Gasteiger partial charge in [-0.2, -0.15) is 4.37 Å². The van der Waals surface area contributed by atoms with E-state index >= 15 is 0 Å². The van der Waals surface area contributed by atoms with Crippen molar-refractivity contribution < 1.29 is 47.0 Å². The Kier molecular flexibility index (Phi) is 10.00. The number of hydrogen-bond acceptors (Lipinski definition) is 8. The molecule has 5 N–H and O–H groups in total. The number of aromatic hydroxyl groups is 1. The van der Waals surface area contributed by atoms with Crippen LogP contribution in [0.2, 0.25) is 0 Å². The minimum Gasteiger partial charge on any atom is -1.00 e. The number of amides is 1. The standard InChI is InChI=1S/C28H29N3O6S.ClH/c1-34-23-10-7-17(12-22(23)30-28(33)21(29)11-16-5-8-19(32)9-6-16)20-15-38-31-26(20)18-13-24(35-2)27(37-4)25(14-18)36-3;/h5-10,12-15,21,32H,11,29H2,1-4H3,(H,30,33);1H/t21-;/m1./s1. The van der Waals surface area contributed by atoms with Crippen LogP contribution in [0.1, 0.15) is 5.56 Å². The van der Waals surface area contributed by atoms with E-state index < -0.39 is 6.04 Å². The van der Waals surface area contributed by atoms with Crippen molar-refractivity contribution in [1.29, 1.82) is 0 Å². The minimum atomic E-state index is -0.550. The molecule has 0 bridgehead atoms. The smallest absolute Gasteiger partial charge is 0.282 e. The maximum Gasteiger partial charge on any atom is 0.282 e. The fraction of sp³-hybridized carbons (Fsp3) is 0.214. The van der Waals surface area contributed by atoms with Gasteiger partial charge in [0.1, 0.15) is 11.5 Å². The molecule has 0 aliphatic heterocycles. The van der Waals surface area contributed by atoms with E-state index in [-0.39, 0.29) is 24.1 Å². The fourth-order valence-corrected chi connectivity index (χ4v) is 4.80. The Labute approximate surface area is 237 Å². The number of nitrogens with one attached hydrogen (secondary N) is 1. The molecule has 1 atom stereocenters. The zero-order valence-corrected chi connectivity index (χ0v) is 23.6. The zero-order chi connectivity index (χ0) is 27.2. The highest BCUT2D eigenvalue weighted by atomic mass is 35.5. The average Bonchev–Trinajstić information content (AvgIpc) is 3.43. The molecule has 0 saturated carbocycles. The van der Waals surface area contributed by atoms with Crippen molar-refractivity contribution in [3.05, 3.63) is 65.5 Å². The van der Waals surface area contributed by atoms with E-state index in [9.17, 15) is 9.90 Å². The second-order valence-corrected chi connectivity index (χ2v) is 9.09. The Morgan fingerprint density at radius 1 is 0.923 bits per heavy atom. The molecule has 1 aromatic heterocycles. The lowest BCUT2D eigenvalue weighted by atomic mass is 10.00. The Bertz CT molecular complexity index is 1400. The molecule has 1 amide bonds. The largest absolute Gasteiger partial charge is 1.00 e. The topological polar surface area (TPSA) is 127 Å². The summed E-state index contributed by atoms with van der Waals surface area (Å²) in [6.07, 6.45) is 0.424. The first-order valence-corrected chi connectivity index (χ1v) is 12.6. The molecule has 39 heavy (non-hydrogen) atoms. The molecule has 206 valence electrons. The highest BCUT2D eigenvalue weighted by molar-refractivity contribution is 7.04. The van der Waals surface area contributed by atoms with Crippen LogP contribution in [0, 0.1) is 0 Å². The summed E-state index contributed by atoms with van der Waals surface area (Å²) in [7, 11) is 6.25. The van der Waals surface area contributed by atoms with E-state index in [1.54, 1.807) is 58.8 Å². The van der Waals surface area contributed by atoms with Crippen molar-refractivity contribution in [3.8, 4) is 51.1 Å². The molecule has 0 spiro atoms. The van der Waals surface area contributed by atoms with Crippen molar-refractivity contribution in [2.24, 2.45) is 0 Å². The van der Waals surface area contributed by atoms with Crippen LogP contribution in [0.15, 0.2) is 60.0 Å². The second-order valence-electron chi connectivity index (χ2n) is 8.46. The van der Waals surface area contributed by atoms with Gasteiger partial charge < -0.3 is 47.5 Å². The number of phenolic OH excluding ortho intramolecular Hbond substituents is 1. The minimum absolute atomic E-state index is 0. The zero-order valence-electron chi connectivity index (χ0n) is 22.0. The van der Waals surface area contributed by atoms with E-state index in [0.29, 0.717) is 35.1 Å². The monoisotopic (exact) mass is 571 g/mol. The molecule has 9 nitrogen and oxygen atoms in total. The quantitative estimate of drug-likeness (QED) is 0.259. The number of ether oxygens (including phenoxy) is 4. The van der Waals surface area contributed by atoms with Crippen LogP contribution in [-0.4, -0.2) is 49.9 Å². The number of phenols is 1. The molecular formula is C28H30ClN3O6S. The SMILES string of the molecule is COc1ccc(-c2csnc2-c2cc(OC)c(OC)c(OC)c2)cc1NC(=O)[C@H]([NH3+])Cc1ccc(O)cc1.[Cl-]. The van der Waals surface area contributed by atoms with Crippen LogP contribution in [0.4, 0.5) is 5.69 Å². The van der Waals surface area contributed by atoms with Gasteiger partial charge >= 0.3 is 0 Å². The first-order valence-electron chi connectivity index (χ1n) is 11.7. The Morgan fingerprint density at radius 2 is 1.56 bits per heavy atom. The number of anilines is 1. The number of halogens is 1. The summed E-state index contributed by atoms with van der Waals surface area (Å²) in [4.78, 5) is 13.0. The lowest BCUT2D eigenvalue weighted by Gasteiger charge is -2.15. The first kappa shape index (κ1) is 29.6. The Morgan fingerprint density at radius 3 is 2.15 bits per heavy atom. The maximum absolute atomic E-state index is 13.0. The lowest BCUT2D eigenvalue weighted by Crippen LogP contribution is -3.00. The average molecular weight is 572 g/mol. The summed E-state index contributed by atoms with van der Waals surface area (Å²) >= 11 is 1.32. The van der Waals surface area contributed by atoms with Crippen molar-refractivity contribution in [1.82, 2.24) is 4.37 Å². The van der Waals surface area contributed by atoms with Crippen LogP contribution < -0.4 is 42.4 Å². The Balaban J connectivity index is 0.00000420. The van der Waals surface area contributed by atoms with Gasteiger partial charge in [-0.3, -0.25) is 4.79 Å². The molecule has 0 saturated heterocycles. The fourth-order valence-electron chi connectivity index (χ4n) is 4.08. The van der Waals surface area contributed by atoms with E-state index in [0.717, 1.165) is 27.9 Å². The molecule has 4 aromatic rings. The van der Waals surface area contributed by atoms with Gasteiger partial charge in [-0.25, -0.2) is 0 Å². The lowest BCUT2D eigenvalue weighted by molar-refractivity contribution is -0.402. The number of carbonyl (C=O) groups excluding carboxylic acids is 1. The molecule has 11 heteroatoms. The number of benzene rings is 3. The van der Waals surface area contributed by atoms with Gasteiger partial charge in [-0.15, -0.1) is 0 Å². The van der Waals surface area contributed by atoms with Crippen LogP contribution >= 0.6 is 11.5 Å². The van der Waals surface area contributed by atoms with Gasteiger partial charge in [0.2, 0.25) is 5.75 Å². The van der Waals surface area contributed by atoms with Crippen LogP contribution in [0.3, 0.4) is 0 Å². The molecule has 0 radical (unpaired) electrons. The number of rotatable bonds is 10. The van der Waals surface area contributed by atoms with Gasteiger partial charge in [0.15, 0.2) is 17.5 Å². The van der Waals surface area contributed by atoms with E-state index in [1.807, 2.05) is 29.6 Å². The normalized spacial score (nSPS) is 11.2. The molecule has 0 aliphatic carbocycles. The predicted molar refractivity (Wildman–Crippen MR) is 146 cm³/mol. The summed E-state index contributed by atoms with van der Waals surface area (Å²) in [5.41, 5.74) is 8.70. The molecular weight excluding hydrogens is 542 g/mol. The van der Waals surface area contributed by atoms with Gasteiger partial charge in [-0.05, 0) is 59.1 Å². The molecule has 0 fully saturated rings. The van der Waals surface area contributed by atoms with E-state index in [4.69, 9.17) is 18.9 Å². The number of hydrogen-bond donors (Lipinski definition) is 3. The van der Waals surface area contributed by atoms with E-state index in [1.165, 1.54) is 11.5 Å². The molecule has 0 unspecified atom stereocenters. The predicted octanol–water partition coefficient (Wildman–Crippen LogP) is 1.01. The number of methoxy groups -OCH3 is 4. The number of carbonyl (C=O) groups is 1. The third-order valence-corrected chi connectivity index (χ3v) is 6.69. The molecule has 0 aliphatic rings. The van der Waals surface area contributed by atoms with Crippen LogP contribution in [0.25, 0.3) is 22.4 Å². The third kappa shape index (κ3) is 6.54. The highest BCUT2D eigenvalue weighted by Crippen LogP contribution is 2.44. The summed E-state index contributed by atoms with van der Waals surface area (Å²) in [5.74, 6) is 2.00. The second kappa shape index (κ2) is 13.2. The van der Waals surface area contributed by atoms with Crippen molar-refractivity contribution in [2.45, 2.75) is 12.5 Å². The highest BCUT2D eigenvalue weighted by Gasteiger charge is 2.22. The molecule has 4 rings (SSSR count). The summed E-state index contributed by atoms with van der Waals surface area (Å²) in [6.45, 7) is 0. The van der Waals surface area contributed by atoms with Gasteiger partial charge in [0.05, 0.1) is 39.8 Å². The maximum atomic E-state index is 13.0.